The number of thioether (sulfide) groups is 1. The number of alkyl halides is 1. The van der Waals surface area contributed by atoms with E-state index in [9.17, 15) is 9.18 Å². The molecule has 1 atom stereocenters. The van der Waals surface area contributed by atoms with Gasteiger partial charge in [-0.2, -0.15) is 0 Å². The second kappa shape index (κ2) is 9.01. The number of hydrogen-bond donors (Lipinski definition) is 0. The molecule has 0 aromatic rings. The summed E-state index contributed by atoms with van der Waals surface area (Å²) in [5.41, 5.74) is 0. The van der Waals surface area contributed by atoms with Crippen molar-refractivity contribution in [3.63, 3.8) is 0 Å². The highest BCUT2D eigenvalue weighted by Crippen LogP contribution is 2.17. The highest BCUT2D eigenvalue weighted by molar-refractivity contribution is 8.00. The van der Waals surface area contributed by atoms with Crippen molar-refractivity contribution in [1.82, 2.24) is 0 Å². The molecule has 0 heterocycles. The SMILES string of the molecule is CCC(SCCCF)C(=O)OCC(C)C. The molecule has 0 radical (unpaired) electrons. The van der Waals surface area contributed by atoms with Gasteiger partial charge in [0.25, 0.3) is 0 Å². The number of halogens is 1. The van der Waals surface area contributed by atoms with E-state index in [1.54, 1.807) is 0 Å². The first-order chi connectivity index (χ1) is 7.11. The molecule has 2 nitrogen and oxygen atoms in total. The number of hydrogen-bond acceptors (Lipinski definition) is 3. The first-order valence-corrected chi connectivity index (χ1v) is 6.50. The van der Waals surface area contributed by atoms with Gasteiger partial charge in [0.05, 0.1) is 13.3 Å². The fourth-order valence-electron chi connectivity index (χ4n) is 0.974. The quantitative estimate of drug-likeness (QED) is 0.478. The van der Waals surface area contributed by atoms with Crippen molar-refractivity contribution < 1.29 is 13.9 Å². The van der Waals surface area contributed by atoms with Crippen LogP contribution < -0.4 is 0 Å². The van der Waals surface area contributed by atoms with Gasteiger partial charge in [0, 0.05) is 0 Å². The Balaban J connectivity index is 3.77. The third kappa shape index (κ3) is 7.65. The molecule has 15 heavy (non-hydrogen) atoms. The predicted octanol–water partition coefficient (Wildman–Crippen LogP) is 3.06. The van der Waals surface area contributed by atoms with Crippen molar-refractivity contribution >= 4 is 17.7 Å². The van der Waals surface area contributed by atoms with Crippen molar-refractivity contribution in [3.05, 3.63) is 0 Å². The molecule has 1 unspecified atom stereocenters. The number of carbonyl (C=O) groups excluding carboxylic acids is 1. The number of esters is 1. The Morgan fingerprint density at radius 3 is 2.60 bits per heavy atom. The summed E-state index contributed by atoms with van der Waals surface area (Å²) in [5, 5.41) is -0.129. The van der Waals surface area contributed by atoms with Gasteiger partial charge in [-0.3, -0.25) is 9.18 Å². The van der Waals surface area contributed by atoms with Crippen LogP contribution in [0.2, 0.25) is 0 Å². The Bertz CT molecular complexity index is 174. The molecule has 0 saturated carbocycles. The first-order valence-electron chi connectivity index (χ1n) is 5.46. The van der Waals surface area contributed by atoms with Gasteiger partial charge in [0.1, 0.15) is 5.25 Å². The fraction of sp³-hybridized carbons (Fsp3) is 0.909. The Labute approximate surface area is 96.0 Å². The van der Waals surface area contributed by atoms with E-state index in [0.717, 1.165) is 6.42 Å². The molecule has 0 aromatic heterocycles. The monoisotopic (exact) mass is 236 g/mol. The van der Waals surface area contributed by atoms with E-state index >= 15 is 0 Å². The van der Waals surface area contributed by atoms with E-state index < -0.39 is 0 Å². The highest BCUT2D eigenvalue weighted by atomic mass is 32.2. The topological polar surface area (TPSA) is 26.3 Å². The average Bonchev–Trinajstić information content (AvgIpc) is 2.21. The van der Waals surface area contributed by atoms with Gasteiger partial charge >= 0.3 is 5.97 Å². The Kier molecular flexibility index (Phi) is 8.86. The lowest BCUT2D eigenvalue weighted by molar-refractivity contribution is -0.144. The zero-order valence-corrected chi connectivity index (χ0v) is 10.6. The van der Waals surface area contributed by atoms with E-state index in [4.69, 9.17) is 4.74 Å². The smallest absolute Gasteiger partial charge is 0.319 e. The molecule has 90 valence electrons. The Morgan fingerprint density at radius 2 is 2.13 bits per heavy atom. The molecular formula is C11H21FO2S. The van der Waals surface area contributed by atoms with Crippen molar-refractivity contribution in [1.29, 1.82) is 0 Å². The molecule has 0 aliphatic carbocycles. The first kappa shape index (κ1) is 14.8. The maximum atomic E-state index is 11.9. The van der Waals surface area contributed by atoms with Gasteiger partial charge in [-0.15, -0.1) is 11.8 Å². The standard InChI is InChI=1S/C11H21FO2S/c1-4-10(15-7-5-6-12)11(13)14-8-9(2)3/h9-10H,4-8H2,1-3H3. The largest absolute Gasteiger partial charge is 0.465 e. The van der Waals surface area contributed by atoms with Gasteiger partial charge in [0.2, 0.25) is 0 Å². The minimum Gasteiger partial charge on any atom is -0.465 e. The van der Waals surface area contributed by atoms with E-state index in [2.05, 4.69) is 0 Å². The zero-order chi connectivity index (χ0) is 11.7. The van der Waals surface area contributed by atoms with Crippen LogP contribution in [0.1, 0.15) is 33.6 Å². The van der Waals surface area contributed by atoms with Gasteiger partial charge in [0.15, 0.2) is 0 Å². The normalized spacial score (nSPS) is 12.9. The van der Waals surface area contributed by atoms with E-state index in [0.29, 0.717) is 24.7 Å². The van der Waals surface area contributed by atoms with Gasteiger partial charge in [-0.25, -0.2) is 0 Å². The summed E-state index contributed by atoms with van der Waals surface area (Å²) in [5.74, 6) is 0.892. The number of rotatable bonds is 8. The van der Waals surface area contributed by atoms with Crippen LogP contribution in [-0.4, -0.2) is 30.3 Å². The van der Waals surface area contributed by atoms with Gasteiger partial charge in [-0.1, -0.05) is 20.8 Å². The summed E-state index contributed by atoms with van der Waals surface area (Å²) in [4.78, 5) is 11.5. The summed E-state index contributed by atoms with van der Waals surface area (Å²) in [6, 6.07) is 0. The second-order valence-corrected chi connectivity index (χ2v) is 5.14. The van der Waals surface area contributed by atoms with Crippen LogP contribution in [0.3, 0.4) is 0 Å². The minimum atomic E-state index is -0.315. The van der Waals surface area contributed by atoms with Crippen molar-refractivity contribution in [2.75, 3.05) is 19.0 Å². The van der Waals surface area contributed by atoms with Crippen molar-refractivity contribution in [2.24, 2.45) is 5.92 Å². The average molecular weight is 236 g/mol. The summed E-state index contributed by atoms with van der Waals surface area (Å²) in [7, 11) is 0. The van der Waals surface area contributed by atoms with Crippen LogP contribution in [0.5, 0.6) is 0 Å². The van der Waals surface area contributed by atoms with E-state index in [1.165, 1.54) is 11.8 Å². The zero-order valence-electron chi connectivity index (χ0n) is 9.79. The van der Waals surface area contributed by atoms with Crippen LogP contribution in [0.25, 0.3) is 0 Å². The third-order valence-electron chi connectivity index (χ3n) is 1.79. The molecule has 4 heteroatoms. The van der Waals surface area contributed by atoms with Crippen LogP contribution in [0, 0.1) is 5.92 Å². The lowest BCUT2D eigenvalue weighted by Gasteiger charge is -2.14. The lowest BCUT2D eigenvalue weighted by atomic mass is 10.2. The maximum Gasteiger partial charge on any atom is 0.319 e. The molecule has 0 bridgehead atoms. The van der Waals surface area contributed by atoms with Crippen LogP contribution in [0.15, 0.2) is 0 Å². The summed E-state index contributed by atoms with van der Waals surface area (Å²) < 4.78 is 17.0. The summed E-state index contributed by atoms with van der Waals surface area (Å²) in [6.07, 6.45) is 1.26. The van der Waals surface area contributed by atoms with E-state index in [-0.39, 0.29) is 17.9 Å². The summed E-state index contributed by atoms with van der Waals surface area (Å²) in [6.45, 7) is 6.11. The molecule has 0 aromatic carbocycles. The molecular weight excluding hydrogens is 215 g/mol. The molecule has 0 aliphatic rings. The van der Waals surface area contributed by atoms with Crippen molar-refractivity contribution in [3.8, 4) is 0 Å². The molecule has 0 N–H and O–H groups in total. The predicted molar refractivity (Wildman–Crippen MR) is 62.9 cm³/mol. The number of carbonyl (C=O) groups is 1. The van der Waals surface area contributed by atoms with Gasteiger partial charge in [-0.05, 0) is 24.5 Å². The highest BCUT2D eigenvalue weighted by Gasteiger charge is 2.18. The van der Waals surface area contributed by atoms with Gasteiger partial charge < -0.3 is 4.74 Å². The lowest BCUT2D eigenvalue weighted by Crippen LogP contribution is -2.22. The fourth-order valence-corrected chi connectivity index (χ4v) is 1.97. The van der Waals surface area contributed by atoms with Crippen LogP contribution >= 0.6 is 11.8 Å². The van der Waals surface area contributed by atoms with Crippen LogP contribution in [0.4, 0.5) is 4.39 Å². The number of ether oxygens (including phenoxy) is 1. The van der Waals surface area contributed by atoms with E-state index in [1.807, 2.05) is 20.8 Å². The summed E-state index contributed by atoms with van der Waals surface area (Å²) >= 11 is 1.49. The second-order valence-electron chi connectivity index (χ2n) is 3.83. The Morgan fingerprint density at radius 1 is 1.47 bits per heavy atom. The maximum absolute atomic E-state index is 11.9. The van der Waals surface area contributed by atoms with Crippen LogP contribution in [-0.2, 0) is 9.53 Å². The molecule has 0 amide bonds. The molecule has 0 saturated heterocycles. The molecule has 0 spiro atoms. The van der Waals surface area contributed by atoms with Crippen molar-refractivity contribution in [2.45, 2.75) is 38.9 Å². The third-order valence-corrected chi connectivity index (χ3v) is 3.24. The minimum absolute atomic E-state index is 0.129. The molecule has 0 rings (SSSR count). The molecule has 0 fully saturated rings. The Hall–Kier alpha value is -0.250. The molecule has 0 aliphatic heterocycles.